The fourth-order valence-electron chi connectivity index (χ4n) is 3.08. The summed E-state index contributed by atoms with van der Waals surface area (Å²) in [5.74, 6) is -0.287. The highest BCUT2D eigenvalue weighted by molar-refractivity contribution is 5.68. The standard InChI is InChI=1S/C19H16F2N4/c20-14-7-3-8-15(21)19(14)24-17-11-18(23-12-22-17)25-10-4-6-13-5-1-2-9-16(13)25/h1-3,5,7-9,11-12H,4,6,10H2,(H,22,23,24). The van der Waals surface area contributed by atoms with Crippen molar-refractivity contribution in [2.24, 2.45) is 0 Å². The normalized spacial score (nSPS) is 13.4. The molecule has 0 amide bonds. The van der Waals surface area contributed by atoms with Crippen LogP contribution in [-0.2, 0) is 6.42 Å². The SMILES string of the molecule is Fc1cccc(F)c1Nc1cc(N2CCCc3ccccc32)ncn1. The molecule has 2 aromatic carbocycles. The number of aryl methyl sites for hydroxylation is 1. The lowest BCUT2D eigenvalue weighted by atomic mass is 10.0. The predicted octanol–water partition coefficient (Wildman–Crippen LogP) is 4.58. The van der Waals surface area contributed by atoms with Crippen molar-refractivity contribution in [3.05, 3.63) is 72.1 Å². The van der Waals surface area contributed by atoms with Gasteiger partial charge in [0.1, 0.15) is 35.3 Å². The summed E-state index contributed by atoms with van der Waals surface area (Å²) in [6, 6.07) is 13.6. The molecule has 0 aliphatic carbocycles. The number of hydrogen-bond donors (Lipinski definition) is 1. The van der Waals surface area contributed by atoms with Gasteiger partial charge < -0.3 is 10.2 Å². The van der Waals surface area contributed by atoms with Gasteiger partial charge in [0.2, 0.25) is 0 Å². The molecule has 0 spiro atoms. The van der Waals surface area contributed by atoms with Crippen LogP contribution in [0.2, 0.25) is 0 Å². The molecule has 25 heavy (non-hydrogen) atoms. The number of halogens is 2. The molecular formula is C19H16F2N4. The Hall–Kier alpha value is -3.02. The fraction of sp³-hybridized carbons (Fsp3) is 0.158. The number of para-hydroxylation sites is 2. The third-order valence-electron chi connectivity index (χ3n) is 4.26. The van der Waals surface area contributed by atoms with Crippen molar-refractivity contribution in [1.29, 1.82) is 0 Å². The Bertz CT molecular complexity index is 893. The van der Waals surface area contributed by atoms with E-state index >= 15 is 0 Å². The van der Waals surface area contributed by atoms with Crippen LogP contribution in [0.25, 0.3) is 0 Å². The third-order valence-corrected chi connectivity index (χ3v) is 4.26. The van der Waals surface area contributed by atoms with E-state index in [0.29, 0.717) is 11.6 Å². The fourth-order valence-corrected chi connectivity index (χ4v) is 3.08. The molecular weight excluding hydrogens is 322 g/mol. The van der Waals surface area contributed by atoms with Gasteiger partial charge in [-0.2, -0.15) is 0 Å². The molecule has 4 nitrogen and oxygen atoms in total. The van der Waals surface area contributed by atoms with E-state index in [2.05, 4.69) is 32.3 Å². The zero-order valence-corrected chi connectivity index (χ0v) is 13.4. The Kier molecular flexibility index (Phi) is 4.01. The van der Waals surface area contributed by atoms with E-state index < -0.39 is 11.6 Å². The number of hydrogen-bond acceptors (Lipinski definition) is 4. The molecule has 126 valence electrons. The van der Waals surface area contributed by atoms with Crippen molar-refractivity contribution in [2.75, 3.05) is 16.8 Å². The quantitative estimate of drug-likeness (QED) is 0.759. The molecule has 0 atom stereocenters. The van der Waals surface area contributed by atoms with Gasteiger partial charge in [-0.1, -0.05) is 24.3 Å². The van der Waals surface area contributed by atoms with Crippen LogP contribution in [0, 0.1) is 11.6 Å². The molecule has 3 aromatic rings. The average Bonchev–Trinajstić information content (AvgIpc) is 2.65. The van der Waals surface area contributed by atoms with Gasteiger partial charge in [-0.15, -0.1) is 0 Å². The van der Waals surface area contributed by atoms with Gasteiger partial charge in [-0.3, -0.25) is 0 Å². The Morgan fingerprint density at radius 3 is 2.60 bits per heavy atom. The minimum atomic E-state index is -0.663. The van der Waals surface area contributed by atoms with Gasteiger partial charge in [0.25, 0.3) is 0 Å². The molecule has 0 radical (unpaired) electrons. The predicted molar refractivity (Wildman–Crippen MR) is 93.4 cm³/mol. The van der Waals surface area contributed by atoms with Gasteiger partial charge in [0.15, 0.2) is 0 Å². The molecule has 0 saturated heterocycles. The Morgan fingerprint density at radius 1 is 0.960 bits per heavy atom. The number of rotatable bonds is 3. The highest BCUT2D eigenvalue weighted by atomic mass is 19.1. The molecule has 0 saturated carbocycles. The molecule has 1 aliphatic rings. The Balaban J connectivity index is 1.67. The summed E-state index contributed by atoms with van der Waals surface area (Å²) >= 11 is 0. The summed E-state index contributed by atoms with van der Waals surface area (Å²) < 4.78 is 27.7. The first kappa shape index (κ1) is 15.5. The highest BCUT2D eigenvalue weighted by Gasteiger charge is 2.19. The number of benzene rings is 2. The van der Waals surface area contributed by atoms with E-state index in [4.69, 9.17) is 0 Å². The monoisotopic (exact) mass is 338 g/mol. The van der Waals surface area contributed by atoms with Gasteiger partial charge in [-0.25, -0.2) is 18.7 Å². The number of fused-ring (bicyclic) bond motifs is 1. The van der Waals surface area contributed by atoms with Gasteiger partial charge in [-0.05, 0) is 36.6 Å². The molecule has 1 aliphatic heterocycles. The first-order chi connectivity index (χ1) is 12.2. The van der Waals surface area contributed by atoms with E-state index in [9.17, 15) is 8.78 Å². The number of nitrogens with zero attached hydrogens (tertiary/aromatic N) is 3. The van der Waals surface area contributed by atoms with Crippen LogP contribution in [0.1, 0.15) is 12.0 Å². The van der Waals surface area contributed by atoms with Crippen LogP contribution in [0.15, 0.2) is 54.9 Å². The van der Waals surface area contributed by atoms with E-state index in [1.54, 1.807) is 6.07 Å². The van der Waals surface area contributed by atoms with Crippen molar-refractivity contribution in [3.63, 3.8) is 0 Å². The molecule has 2 heterocycles. The lowest BCUT2D eigenvalue weighted by Gasteiger charge is -2.30. The Morgan fingerprint density at radius 2 is 1.76 bits per heavy atom. The third kappa shape index (κ3) is 3.03. The minimum absolute atomic E-state index is 0.216. The maximum Gasteiger partial charge on any atom is 0.149 e. The summed E-state index contributed by atoms with van der Waals surface area (Å²) in [6.07, 6.45) is 3.45. The smallest absolute Gasteiger partial charge is 0.149 e. The maximum absolute atomic E-state index is 13.8. The lowest BCUT2D eigenvalue weighted by Crippen LogP contribution is -2.25. The highest BCUT2D eigenvalue weighted by Crippen LogP contribution is 2.33. The molecule has 6 heteroatoms. The lowest BCUT2D eigenvalue weighted by molar-refractivity contribution is 0.590. The summed E-state index contributed by atoms with van der Waals surface area (Å²) in [4.78, 5) is 10.5. The minimum Gasteiger partial charge on any atom is -0.335 e. The zero-order valence-electron chi connectivity index (χ0n) is 13.4. The zero-order chi connectivity index (χ0) is 17.2. The van der Waals surface area contributed by atoms with Crippen LogP contribution in [-0.4, -0.2) is 16.5 Å². The van der Waals surface area contributed by atoms with Crippen LogP contribution in [0.3, 0.4) is 0 Å². The first-order valence-electron chi connectivity index (χ1n) is 8.11. The van der Waals surface area contributed by atoms with Crippen molar-refractivity contribution >= 4 is 23.0 Å². The Labute approximate surface area is 144 Å². The first-order valence-corrected chi connectivity index (χ1v) is 8.11. The van der Waals surface area contributed by atoms with Crippen LogP contribution in [0.5, 0.6) is 0 Å². The second-order valence-electron chi connectivity index (χ2n) is 5.87. The van der Waals surface area contributed by atoms with Crippen LogP contribution in [0.4, 0.5) is 31.8 Å². The average molecular weight is 338 g/mol. The number of aromatic nitrogens is 2. The topological polar surface area (TPSA) is 41.0 Å². The summed E-state index contributed by atoms with van der Waals surface area (Å²) in [7, 11) is 0. The summed E-state index contributed by atoms with van der Waals surface area (Å²) in [5.41, 5.74) is 2.16. The van der Waals surface area contributed by atoms with E-state index in [-0.39, 0.29) is 5.69 Å². The van der Waals surface area contributed by atoms with E-state index in [1.807, 2.05) is 12.1 Å². The number of nitrogens with one attached hydrogen (secondary N) is 1. The van der Waals surface area contributed by atoms with E-state index in [0.717, 1.165) is 25.1 Å². The van der Waals surface area contributed by atoms with Crippen molar-refractivity contribution in [1.82, 2.24) is 9.97 Å². The van der Waals surface area contributed by atoms with Gasteiger partial charge in [0.05, 0.1) is 0 Å². The van der Waals surface area contributed by atoms with Crippen molar-refractivity contribution < 1.29 is 8.78 Å². The van der Waals surface area contributed by atoms with Gasteiger partial charge in [0, 0.05) is 18.3 Å². The van der Waals surface area contributed by atoms with E-state index in [1.165, 1.54) is 30.1 Å². The summed E-state index contributed by atoms with van der Waals surface area (Å²) in [6.45, 7) is 0.835. The number of anilines is 4. The molecule has 0 unspecified atom stereocenters. The van der Waals surface area contributed by atoms with Crippen molar-refractivity contribution in [3.8, 4) is 0 Å². The second kappa shape index (κ2) is 6.47. The maximum atomic E-state index is 13.8. The molecule has 4 rings (SSSR count). The van der Waals surface area contributed by atoms with Gasteiger partial charge >= 0.3 is 0 Å². The second-order valence-corrected chi connectivity index (χ2v) is 5.87. The molecule has 0 fully saturated rings. The van der Waals surface area contributed by atoms with Crippen molar-refractivity contribution in [2.45, 2.75) is 12.8 Å². The van der Waals surface area contributed by atoms with Crippen LogP contribution < -0.4 is 10.2 Å². The summed E-state index contributed by atoms with van der Waals surface area (Å²) in [5, 5.41) is 2.72. The molecule has 0 bridgehead atoms. The van der Waals surface area contributed by atoms with Crippen LogP contribution >= 0.6 is 0 Å². The molecule has 1 aromatic heterocycles. The molecule has 1 N–H and O–H groups in total. The largest absolute Gasteiger partial charge is 0.335 e.